The number of thioether (sulfide) groups is 1. The molecule has 0 saturated heterocycles. The Labute approximate surface area is 267 Å². The molecule has 4 rings (SSSR count). The van der Waals surface area contributed by atoms with Crippen molar-refractivity contribution in [1.29, 1.82) is 0 Å². The van der Waals surface area contributed by atoms with Gasteiger partial charge < -0.3 is 20.1 Å². The van der Waals surface area contributed by atoms with Crippen LogP contribution in [-0.4, -0.2) is 29.9 Å². The number of carboxylic acid groups (broad SMARTS) is 1. The largest absolute Gasteiger partial charge is 1.00 e. The number of nitrogens with one attached hydrogen (secondary N) is 1. The quantitative estimate of drug-likeness (QED) is 0.246. The van der Waals surface area contributed by atoms with Crippen molar-refractivity contribution in [2.24, 2.45) is 0 Å². The summed E-state index contributed by atoms with van der Waals surface area (Å²) in [7, 11) is 0. The van der Waals surface area contributed by atoms with Gasteiger partial charge in [0.2, 0.25) is 0 Å². The van der Waals surface area contributed by atoms with Gasteiger partial charge in [0.05, 0.1) is 12.0 Å². The van der Waals surface area contributed by atoms with Gasteiger partial charge in [0, 0.05) is 28.8 Å². The molecule has 1 atom stereocenters. The minimum atomic E-state index is -1.28. The summed E-state index contributed by atoms with van der Waals surface area (Å²) in [5, 5.41) is 14.4. The molecule has 1 unspecified atom stereocenters. The van der Waals surface area contributed by atoms with Crippen molar-refractivity contribution in [1.82, 2.24) is 5.32 Å². The number of carbonyl (C=O) groups is 2. The Morgan fingerprint density at radius 2 is 1.51 bits per heavy atom. The molecule has 0 aliphatic carbocycles. The molecule has 0 bridgehead atoms. The van der Waals surface area contributed by atoms with Crippen LogP contribution in [0, 0.1) is 6.92 Å². The van der Waals surface area contributed by atoms with E-state index >= 15 is 0 Å². The number of halogens is 1. The van der Waals surface area contributed by atoms with Gasteiger partial charge in [0.1, 0.15) is 0 Å². The molecular formula is C33H32BrLiN2O3S. The Morgan fingerprint density at radius 3 is 2.17 bits per heavy atom. The second kappa shape index (κ2) is 15.9. The molecule has 8 heteroatoms. The molecule has 0 spiro atoms. The Kier molecular flexibility index (Phi) is 12.6. The van der Waals surface area contributed by atoms with Gasteiger partial charge in [-0.05, 0) is 89.6 Å². The van der Waals surface area contributed by atoms with E-state index in [1.807, 2.05) is 79.9 Å². The monoisotopic (exact) mass is 622 g/mol. The van der Waals surface area contributed by atoms with Gasteiger partial charge >= 0.3 is 18.9 Å². The number of hydrogen-bond acceptors (Lipinski definition) is 5. The first kappa shape index (κ1) is 32.6. The van der Waals surface area contributed by atoms with Gasteiger partial charge in [0.15, 0.2) is 0 Å². The number of aryl methyl sites for hydroxylation is 1. The predicted octanol–water partition coefficient (Wildman–Crippen LogP) is 3.24. The summed E-state index contributed by atoms with van der Waals surface area (Å²) in [4.78, 5) is 27.4. The molecule has 0 aliphatic rings. The summed E-state index contributed by atoms with van der Waals surface area (Å²) in [6, 6.07) is 31.2. The molecule has 1 N–H and O–H groups in total. The maximum absolute atomic E-state index is 13.4. The minimum Gasteiger partial charge on any atom is -0.548 e. The van der Waals surface area contributed by atoms with Crippen molar-refractivity contribution in [3.8, 4) is 11.1 Å². The number of carboxylic acids is 1. The zero-order valence-corrected chi connectivity index (χ0v) is 26.0. The Morgan fingerprint density at radius 1 is 0.878 bits per heavy atom. The van der Waals surface area contributed by atoms with Gasteiger partial charge in [-0.25, -0.2) is 0 Å². The molecule has 0 radical (unpaired) electrons. The van der Waals surface area contributed by atoms with Crippen LogP contribution < -0.4 is 34.2 Å². The van der Waals surface area contributed by atoms with Crippen LogP contribution in [0.5, 0.6) is 0 Å². The molecule has 1 amide bonds. The maximum atomic E-state index is 13.4. The number of hydrogen-bond donors (Lipinski definition) is 1. The first-order chi connectivity index (χ1) is 19.4. The SMILES string of the molecule is CSCCC(NC(=O)c1ccc(CN(Cc2ccc(Br)cc2)c2ccccc2)cc1-c1ccccc1C)C(=O)[O-].[Li+]. The number of benzene rings is 4. The number of amides is 1. The third kappa shape index (κ3) is 9.02. The van der Waals surface area contributed by atoms with E-state index in [9.17, 15) is 14.7 Å². The molecule has 4 aromatic rings. The van der Waals surface area contributed by atoms with Gasteiger partial charge in [-0.15, -0.1) is 0 Å². The van der Waals surface area contributed by atoms with E-state index in [2.05, 4.69) is 50.4 Å². The maximum Gasteiger partial charge on any atom is 1.00 e. The summed E-state index contributed by atoms with van der Waals surface area (Å²) in [5.41, 5.74) is 6.48. The third-order valence-corrected chi connectivity index (χ3v) is 7.92. The van der Waals surface area contributed by atoms with Gasteiger partial charge in [-0.3, -0.25) is 4.79 Å². The van der Waals surface area contributed by atoms with Crippen LogP contribution in [0.4, 0.5) is 5.69 Å². The predicted molar refractivity (Wildman–Crippen MR) is 166 cm³/mol. The van der Waals surface area contributed by atoms with Crippen molar-refractivity contribution < 1.29 is 33.6 Å². The van der Waals surface area contributed by atoms with Gasteiger partial charge in [0.25, 0.3) is 5.91 Å². The first-order valence-electron chi connectivity index (χ1n) is 13.1. The van der Waals surface area contributed by atoms with Crippen LogP contribution in [0.3, 0.4) is 0 Å². The Balaban J connectivity index is 0.00000462. The molecule has 0 aliphatic heterocycles. The second-order valence-corrected chi connectivity index (χ2v) is 11.5. The van der Waals surface area contributed by atoms with Crippen molar-refractivity contribution in [2.75, 3.05) is 16.9 Å². The molecule has 0 saturated carbocycles. The van der Waals surface area contributed by atoms with E-state index in [0.717, 1.165) is 32.4 Å². The number of aliphatic carboxylic acids is 1. The molecule has 206 valence electrons. The number of carbonyl (C=O) groups excluding carboxylic acids is 2. The zero-order valence-electron chi connectivity index (χ0n) is 23.6. The van der Waals surface area contributed by atoms with Crippen LogP contribution in [-0.2, 0) is 17.9 Å². The molecule has 0 heterocycles. The van der Waals surface area contributed by atoms with E-state index in [4.69, 9.17) is 0 Å². The fraction of sp³-hybridized carbons (Fsp3) is 0.212. The number of rotatable bonds is 12. The van der Waals surface area contributed by atoms with Crippen LogP contribution in [0.2, 0.25) is 0 Å². The average Bonchev–Trinajstić information content (AvgIpc) is 2.96. The summed E-state index contributed by atoms with van der Waals surface area (Å²) < 4.78 is 1.04. The molecule has 5 nitrogen and oxygen atoms in total. The summed E-state index contributed by atoms with van der Waals surface area (Å²) >= 11 is 5.05. The molecule has 41 heavy (non-hydrogen) atoms. The fourth-order valence-corrected chi connectivity index (χ4v) is 5.35. The Bertz CT molecular complexity index is 1450. The van der Waals surface area contributed by atoms with Crippen LogP contribution in [0.15, 0.2) is 102 Å². The summed E-state index contributed by atoms with van der Waals surface area (Å²) in [5.74, 6) is -1.09. The van der Waals surface area contributed by atoms with Crippen LogP contribution >= 0.6 is 27.7 Å². The second-order valence-electron chi connectivity index (χ2n) is 9.64. The van der Waals surface area contributed by atoms with E-state index < -0.39 is 17.9 Å². The third-order valence-electron chi connectivity index (χ3n) is 6.75. The van der Waals surface area contributed by atoms with Crippen LogP contribution in [0.1, 0.15) is 33.5 Å². The first-order valence-corrected chi connectivity index (χ1v) is 15.3. The smallest absolute Gasteiger partial charge is 0.548 e. The number of para-hydroxylation sites is 1. The fourth-order valence-electron chi connectivity index (χ4n) is 4.61. The van der Waals surface area contributed by atoms with E-state index in [1.54, 1.807) is 6.07 Å². The molecular weight excluding hydrogens is 591 g/mol. The summed E-state index contributed by atoms with van der Waals surface area (Å²) in [6.45, 7) is 3.34. The normalized spacial score (nSPS) is 11.3. The van der Waals surface area contributed by atoms with Crippen molar-refractivity contribution in [2.45, 2.75) is 32.5 Å². The van der Waals surface area contributed by atoms with Crippen molar-refractivity contribution in [3.05, 3.63) is 124 Å². The molecule has 0 fully saturated rings. The number of anilines is 1. The van der Waals surface area contributed by atoms with Crippen molar-refractivity contribution in [3.63, 3.8) is 0 Å². The number of nitrogens with zero attached hydrogens (tertiary/aromatic N) is 1. The minimum absolute atomic E-state index is 0. The average molecular weight is 624 g/mol. The topological polar surface area (TPSA) is 72.5 Å². The van der Waals surface area contributed by atoms with E-state index in [1.165, 1.54) is 17.3 Å². The van der Waals surface area contributed by atoms with E-state index in [-0.39, 0.29) is 18.9 Å². The molecule has 0 aromatic heterocycles. The van der Waals surface area contributed by atoms with E-state index in [0.29, 0.717) is 30.8 Å². The van der Waals surface area contributed by atoms with Crippen LogP contribution in [0.25, 0.3) is 11.1 Å². The van der Waals surface area contributed by atoms with Crippen molar-refractivity contribution >= 4 is 45.3 Å². The van der Waals surface area contributed by atoms with Gasteiger partial charge in [-0.2, -0.15) is 11.8 Å². The van der Waals surface area contributed by atoms with Gasteiger partial charge in [-0.1, -0.05) is 76.6 Å². The summed E-state index contributed by atoms with van der Waals surface area (Å²) in [6.07, 6.45) is 2.20. The molecule has 4 aromatic carbocycles. The Hall–Kier alpha value is -2.95. The zero-order chi connectivity index (χ0) is 28.5. The standard InChI is InChI=1S/C33H33BrN2O3S.Li/c1-23-8-6-7-11-28(23)30-20-25(14-17-29(30)32(37)35-31(33(38)39)18-19-40-2)22-36(27-9-4-3-5-10-27)21-24-12-15-26(34)16-13-24;/h3-17,20,31H,18-19,21-22H2,1-2H3,(H,35,37)(H,38,39);/q;+1/p-1.